The Morgan fingerprint density at radius 3 is 2.58 bits per heavy atom. The summed E-state index contributed by atoms with van der Waals surface area (Å²) in [5.41, 5.74) is 2.26. The molecule has 0 aliphatic heterocycles. The van der Waals surface area contributed by atoms with Gasteiger partial charge in [0.15, 0.2) is 0 Å². The third-order valence-electron chi connectivity index (χ3n) is 6.43. The first-order valence-electron chi connectivity index (χ1n) is 11.1. The van der Waals surface area contributed by atoms with Crippen molar-refractivity contribution < 1.29 is 13.9 Å². The van der Waals surface area contributed by atoms with E-state index in [9.17, 15) is 4.79 Å². The van der Waals surface area contributed by atoms with Crippen LogP contribution < -0.4 is 10.1 Å². The molecule has 31 heavy (non-hydrogen) atoms. The molecule has 1 N–H and O–H groups in total. The Balaban J connectivity index is 1.40. The molecular formula is C26H30N2O3. The van der Waals surface area contributed by atoms with Crippen LogP contribution in [-0.4, -0.2) is 16.9 Å². The third kappa shape index (κ3) is 4.98. The van der Waals surface area contributed by atoms with E-state index in [0.717, 1.165) is 29.2 Å². The van der Waals surface area contributed by atoms with Crippen molar-refractivity contribution in [3.05, 3.63) is 71.6 Å². The fraction of sp³-hybridized carbons (Fsp3) is 0.385. The zero-order valence-electron chi connectivity index (χ0n) is 18.4. The number of oxazole rings is 1. The first-order valence-corrected chi connectivity index (χ1v) is 11.1. The lowest BCUT2D eigenvalue weighted by molar-refractivity contribution is 0.0891. The summed E-state index contributed by atoms with van der Waals surface area (Å²) in [6, 6.07) is 17.3. The molecule has 1 heterocycles. The van der Waals surface area contributed by atoms with Gasteiger partial charge in [-0.3, -0.25) is 4.79 Å². The van der Waals surface area contributed by atoms with Crippen molar-refractivity contribution in [1.29, 1.82) is 0 Å². The molecule has 162 valence electrons. The molecule has 1 fully saturated rings. The zero-order chi connectivity index (χ0) is 21.8. The van der Waals surface area contributed by atoms with Gasteiger partial charge in [0.1, 0.15) is 23.8 Å². The van der Waals surface area contributed by atoms with Crippen LogP contribution in [0.5, 0.6) is 5.75 Å². The molecule has 4 rings (SSSR count). The number of aromatic nitrogens is 1. The summed E-state index contributed by atoms with van der Waals surface area (Å²) in [5.74, 6) is 3.19. The average Bonchev–Trinajstić information content (AvgIpc) is 3.17. The molecule has 1 aliphatic carbocycles. The number of ether oxygens (including phenoxy) is 1. The van der Waals surface area contributed by atoms with Gasteiger partial charge in [0.05, 0.1) is 0 Å². The van der Waals surface area contributed by atoms with Gasteiger partial charge in [-0.25, -0.2) is 4.98 Å². The molecule has 0 unspecified atom stereocenters. The van der Waals surface area contributed by atoms with Gasteiger partial charge in [-0.1, -0.05) is 44.9 Å². The maximum Gasteiger partial charge on any atom is 0.251 e. The minimum Gasteiger partial charge on any atom is -0.487 e. The highest BCUT2D eigenvalue weighted by Gasteiger charge is 2.28. The number of carbonyl (C=O) groups excluding carboxylic acids is 1. The average molecular weight is 419 g/mol. The van der Waals surface area contributed by atoms with E-state index < -0.39 is 0 Å². The number of aryl methyl sites for hydroxylation is 1. The number of nitrogens with zero attached hydrogens (tertiary/aromatic N) is 1. The van der Waals surface area contributed by atoms with Crippen molar-refractivity contribution in [2.45, 2.75) is 52.7 Å². The van der Waals surface area contributed by atoms with E-state index in [1.54, 1.807) is 0 Å². The molecule has 1 aromatic heterocycles. The van der Waals surface area contributed by atoms with Crippen LogP contribution >= 0.6 is 0 Å². The topological polar surface area (TPSA) is 64.4 Å². The summed E-state index contributed by atoms with van der Waals surface area (Å²) in [7, 11) is 0. The molecule has 2 aromatic carbocycles. The van der Waals surface area contributed by atoms with Crippen molar-refractivity contribution in [1.82, 2.24) is 10.3 Å². The first-order chi connectivity index (χ1) is 15.0. The molecule has 1 saturated carbocycles. The highest BCUT2D eigenvalue weighted by atomic mass is 16.5. The lowest BCUT2D eigenvalue weighted by atomic mass is 9.78. The van der Waals surface area contributed by atoms with Crippen LogP contribution in [0.1, 0.15) is 54.9 Å². The lowest BCUT2D eigenvalue weighted by Crippen LogP contribution is -2.43. The number of para-hydroxylation sites is 1. The fourth-order valence-corrected chi connectivity index (χ4v) is 4.16. The van der Waals surface area contributed by atoms with Crippen LogP contribution in [-0.2, 0) is 6.61 Å². The Bertz CT molecular complexity index is 1010. The zero-order valence-corrected chi connectivity index (χ0v) is 18.4. The molecule has 3 atom stereocenters. The van der Waals surface area contributed by atoms with Crippen LogP contribution in [0.15, 0.2) is 59.0 Å². The van der Waals surface area contributed by atoms with Gasteiger partial charge in [-0.2, -0.15) is 0 Å². The molecule has 5 nitrogen and oxygen atoms in total. The molecule has 0 radical (unpaired) electrons. The monoisotopic (exact) mass is 418 g/mol. The van der Waals surface area contributed by atoms with Gasteiger partial charge >= 0.3 is 0 Å². The summed E-state index contributed by atoms with van der Waals surface area (Å²) >= 11 is 0. The molecule has 0 spiro atoms. The van der Waals surface area contributed by atoms with Crippen LogP contribution in [0.4, 0.5) is 0 Å². The van der Waals surface area contributed by atoms with Gasteiger partial charge in [0, 0.05) is 17.2 Å². The number of hydrogen-bond donors (Lipinski definition) is 1. The Labute approximate surface area is 183 Å². The predicted octanol–water partition coefficient (Wildman–Crippen LogP) is 5.78. The fourth-order valence-electron chi connectivity index (χ4n) is 4.16. The largest absolute Gasteiger partial charge is 0.487 e. The number of rotatable bonds is 6. The quantitative estimate of drug-likeness (QED) is 0.551. The Kier molecular flexibility index (Phi) is 6.40. The van der Waals surface area contributed by atoms with Gasteiger partial charge < -0.3 is 14.5 Å². The second-order valence-corrected chi connectivity index (χ2v) is 8.55. The maximum absolute atomic E-state index is 12.7. The number of amides is 1. The summed E-state index contributed by atoms with van der Waals surface area (Å²) < 4.78 is 11.6. The Morgan fingerprint density at radius 2 is 1.84 bits per heavy atom. The van der Waals surface area contributed by atoms with Gasteiger partial charge in [-0.05, 0) is 61.6 Å². The van der Waals surface area contributed by atoms with E-state index in [0.29, 0.717) is 29.9 Å². The van der Waals surface area contributed by atoms with E-state index in [4.69, 9.17) is 9.15 Å². The number of benzene rings is 2. The van der Waals surface area contributed by atoms with Gasteiger partial charge in [0.25, 0.3) is 5.91 Å². The standard InChI is InChI=1S/C26H30N2O3/c1-17-8-7-11-23(18(17)2)27-25(29)20-12-14-21(15-13-20)26-28-24(19(3)31-26)16-30-22-9-5-4-6-10-22/h4-6,9-10,12-15,17-18,23H,7-8,11,16H2,1-3H3,(H,27,29)/t17-,18-,23-/m1/s1. The number of carbonyl (C=O) groups is 1. The smallest absolute Gasteiger partial charge is 0.251 e. The lowest BCUT2D eigenvalue weighted by Gasteiger charge is -2.34. The normalized spacial score (nSPS) is 20.9. The van der Waals surface area contributed by atoms with Crippen molar-refractivity contribution >= 4 is 5.91 Å². The van der Waals surface area contributed by atoms with Crippen molar-refractivity contribution in [3.63, 3.8) is 0 Å². The van der Waals surface area contributed by atoms with Crippen LogP contribution in [0.3, 0.4) is 0 Å². The van der Waals surface area contributed by atoms with Gasteiger partial charge in [-0.15, -0.1) is 0 Å². The molecule has 5 heteroatoms. The Hall–Kier alpha value is -3.08. The SMILES string of the molecule is Cc1oc(-c2ccc(C(=O)N[C@@H]3CCC[C@@H](C)[C@H]3C)cc2)nc1COc1ccccc1. The van der Waals surface area contributed by atoms with Crippen LogP contribution in [0.2, 0.25) is 0 Å². The molecule has 1 amide bonds. The summed E-state index contributed by atoms with van der Waals surface area (Å²) in [6.45, 7) is 6.74. The molecule has 0 bridgehead atoms. The summed E-state index contributed by atoms with van der Waals surface area (Å²) in [4.78, 5) is 17.3. The van der Waals surface area contributed by atoms with Gasteiger partial charge in [0.2, 0.25) is 5.89 Å². The van der Waals surface area contributed by atoms with Crippen molar-refractivity contribution in [2.75, 3.05) is 0 Å². The van der Waals surface area contributed by atoms with E-state index in [1.807, 2.05) is 61.5 Å². The van der Waals surface area contributed by atoms with E-state index in [-0.39, 0.29) is 11.9 Å². The van der Waals surface area contributed by atoms with Crippen molar-refractivity contribution in [2.24, 2.45) is 11.8 Å². The number of nitrogens with one attached hydrogen (secondary N) is 1. The Morgan fingerprint density at radius 1 is 1.10 bits per heavy atom. The van der Waals surface area contributed by atoms with Crippen LogP contribution in [0.25, 0.3) is 11.5 Å². The van der Waals surface area contributed by atoms with Crippen molar-refractivity contribution in [3.8, 4) is 17.2 Å². The van der Waals surface area contributed by atoms with E-state index in [2.05, 4.69) is 24.1 Å². The minimum atomic E-state index is -0.0157. The maximum atomic E-state index is 12.7. The highest BCUT2D eigenvalue weighted by molar-refractivity contribution is 5.94. The molecule has 1 aliphatic rings. The van der Waals surface area contributed by atoms with Crippen LogP contribution in [0, 0.1) is 18.8 Å². The summed E-state index contributed by atoms with van der Waals surface area (Å²) in [5, 5.41) is 3.23. The highest BCUT2D eigenvalue weighted by Crippen LogP contribution is 2.30. The predicted molar refractivity (Wildman–Crippen MR) is 121 cm³/mol. The molecular weight excluding hydrogens is 388 g/mol. The minimum absolute atomic E-state index is 0.0157. The first kappa shape index (κ1) is 21.2. The van der Waals surface area contributed by atoms with E-state index in [1.165, 1.54) is 12.8 Å². The molecule has 0 saturated heterocycles. The summed E-state index contributed by atoms with van der Waals surface area (Å²) in [6.07, 6.45) is 3.48. The molecule has 3 aromatic rings. The number of hydrogen-bond acceptors (Lipinski definition) is 4. The second kappa shape index (κ2) is 9.38. The third-order valence-corrected chi connectivity index (χ3v) is 6.43. The second-order valence-electron chi connectivity index (χ2n) is 8.55. The van der Waals surface area contributed by atoms with E-state index >= 15 is 0 Å².